The highest BCUT2D eigenvalue weighted by atomic mass is 35.5. The standard InChI is InChI=1S/C23H27ClO4/c1-3-6-21-18(10-13-20(16(2)25)23(21)27)15-28-19-11-8-17(9-12-19)22(26)7-4-5-14-24/h8-13,27H,3-7,14-15H2,1-2H3. The van der Waals surface area contributed by atoms with Gasteiger partial charge < -0.3 is 9.84 Å². The molecule has 0 heterocycles. The number of carbonyl (C=O) groups is 2. The summed E-state index contributed by atoms with van der Waals surface area (Å²) in [4.78, 5) is 23.8. The van der Waals surface area contributed by atoms with Gasteiger partial charge in [0.1, 0.15) is 18.1 Å². The van der Waals surface area contributed by atoms with Gasteiger partial charge in [-0.25, -0.2) is 0 Å². The van der Waals surface area contributed by atoms with Crippen LogP contribution in [-0.2, 0) is 13.0 Å². The fourth-order valence-corrected chi connectivity index (χ4v) is 3.24. The van der Waals surface area contributed by atoms with Crippen molar-refractivity contribution in [1.29, 1.82) is 0 Å². The summed E-state index contributed by atoms with van der Waals surface area (Å²) in [5.74, 6) is 1.21. The highest BCUT2D eigenvalue weighted by Gasteiger charge is 2.15. The van der Waals surface area contributed by atoms with Gasteiger partial charge in [0.05, 0.1) is 5.56 Å². The number of carbonyl (C=O) groups excluding carboxylic acids is 2. The number of phenolic OH excluding ortho intramolecular Hbond substituents is 1. The lowest BCUT2D eigenvalue weighted by atomic mass is 9.97. The average molecular weight is 403 g/mol. The maximum Gasteiger partial charge on any atom is 0.163 e. The molecule has 0 atom stereocenters. The lowest BCUT2D eigenvalue weighted by molar-refractivity contribution is 0.0977. The minimum atomic E-state index is -0.159. The number of benzene rings is 2. The van der Waals surface area contributed by atoms with Crippen molar-refractivity contribution < 1.29 is 19.4 Å². The predicted octanol–water partition coefficient (Wildman–Crippen LogP) is 5.72. The van der Waals surface area contributed by atoms with Gasteiger partial charge in [0.2, 0.25) is 0 Å². The number of ketones is 2. The molecule has 4 nitrogen and oxygen atoms in total. The molecule has 1 N–H and O–H groups in total. The molecule has 0 aromatic heterocycles. The number of Topliss-reactive ketones (excluding diaryl/α,β-unsaturated/α-hetero) is 2. The normalized spacial score (nSPS) is 10.7. The molecular formula is C23H27ClO4. The second-order valence-electron chi connectivity index (χ2n) is 6.79. The van der Waals surface area contributed by atoms with E-state index in [1.807, 2.05) is 13.0 Å². The number of rotatable bonds is 11. The van der Waals surface area contributed by atoms with Gasteiger partial charge in [-0.15, -0.1) is 11.6 Å². The molecule has 0 aliphatic carbocycles. The fourth-order valence-electron chi connectivity index (χ4n) is 3.05. The molecule has 2 aromatic carbocycles. The summed E-state index contributed by atoms with van der Waals surface area (Å²) >= 11 is 5.64. The van der Waals surface area contributed by atoms with Crippen molar-refractivity contribution in [1.82, 2.24) is 0 Å². The van der Waals surface area contributed by atoms with Crippen LogP contribution in [0.15, 0.2) is 36.4 Å². The first-order chi connectivity index (χ1) is 13.5. The Bertz CT molecular complexity index is 812. The summed E-state index contributed by atoms with van der Waals surface area (Å²) in [6.07, 6.45) is 3.64. The molecule has 0 saturated carbocycles. The van der Waals surface area contributed by atoms with Crippen LogP contribution in [0.5, 0.6) is 11.5 Å². The maximum absolute atomic E-state index is 12.1. The van der Waals surface area contributed by atoms with Crippen LogP contribution in [-0.4, -0.2) is 22.6 Å². The SMILES string of the molecule is CCCc1c(COc2ccc(C(=O)CCCCCl)cc2)ccc(C(C)=O)c1O. The van der Waals surface area contributed by atoms with E-state index < -0.39 is 0 Å². The molecule has 0 radical (unpaired) electrons. The van der Waals surface area contributed by atoms with Crippen molar-refractivity contribution in [3.8, 4) is 11.5 Å². The number of hydrogen-bond donors (Lipinski definition) is 1. The van der Waals surface area contributed by atoms with Gasteiger partial charge in [-0.2, -0.15) is 0 Å². The van der Waals surface area contributed by atoms with Crippen LogP contribution < -0.4 is 4.74 Å². The number of unbranched alkanes of at least 4 members (excludes halogenated alkanes) is 1. The first kappa shape index (κ1) is 22.0. The van der Waals surface area contributed by atoms with E-state index in [9.17, 15) is 14.7 Å². The summed E-state index contributed by atoms with van der Waals surface area (Å²) in [5, 5.41) is 10.4. The molecule has 0 spiro atoms. The number of alkyl halides is 1. The van der Waals surface area contributed by atoms with Gasteiger partial charge >= 0.3 is 0 Å². The largest absolute Gasteiger partial charge is 0.507 e. The van der Waals surface area contributed by atoms with Gasteiger partial charge in [0.25, 0.3) is 0 Å². The molecule has 2 aromatic rings. The van der Waals surface area contributed by atoms with E-state index >= 15 is 0 Å². The molecule has 28 heavy (non-hydrogen) atoms. The van der Waals surface area contributed by atoms with Crippen molar-refractivity contribution in [2.75, 3.05) is 5.88 Å². The summed E-state index contributed by atoms with van der Waals surface area (Å²) in [5.41, 5.74) is 2.60. The number of aromatic hydroxyl groups is 1. The smallest absolute Gasteiger partial charge is 0.163 e. The molecule has 0 amide bonds. The van der Waals surface area contributed by atoms with Crippen molar-refractivity contribution in [3.63, 3.8) is 0 Å². The minimum absolute atomic E-state index is 0.0494. The van der Waals surface area contributed by atoms with E-state index in [0.717, 1.165) is 30.4 Å². The van der Waals surface area contributed by atoms with Crippen molar-refractivity contribution >= 4 is 23.2 Å². The maximum atomic E-state index is 12.1. The molecule has 2 rings (SSSR count). The zero-order valence-electron chi connectivity index (χ0n) is 16.5. The van der Waals surface area contributed by atoms with Crippen LogP contribution in [0.4, 0.5) is 0 Å². The Balaban J connectivity index is 2.06. The molecule has 0 bridgehead atoms. The Morgan fingerprint density at radius 1 is 1.07 bits per heavy atom. The number of hydrogen-bond acceptors (Lipinski definition) is 4. The van der Waals surface area contributed by atoms with E-state index in [4.69, 9.17) is 16.3 Å². The average Bonchev–Trinajstić information content (AvgIpc) is 2.68. The first-order valence-electron chi connectivity index (χ1n) is 9.64. The number of ether oxygens (including phenoxy) is 1. The molecular weight excluding hydrogens is 376 g/mol. The van der Waals surface area contributed by atoms with Crippen molar-refractivity contribution in [3.05, 3.63) is 58.7 Å². The molecule has 5 heteroatoms. The van der Waals surface area contributed by atoms with Crippen LogP contribution in [0, 0.1) is 0 Å². The second kappa shape index (κ2) is 10.9. The van der Waals surface area contributed by atoms with Gasteiger partial charge in [0, 0.05) is 23.4 Å². The third kappa shape index (κ3) is 5.83. The summed E-state index contributed by atoms with van der Waals surface area (Å²) in [6.45, 7) is 3.75. The Morgan fingerprint density at radius 3 is 2.39 bits per heavy atom. The second-order valence-corrected chi connectivity index (χ2v) is 7.17. The molecule has 150 valence electrons. The van der Waals surface area contributed by atoms with Gasteiger partial charge in [-0.1, -0.05) is 19.4 Å². The van der Waals surface area contributed by atoms with Gasteiger partial charge in [-0.3, -0.25) is 9.59 Å². The molecule has 0 unspecified atom stereocenters. The number of halogens is 1. The van der Waals surface area contributed by atoms with Gasteiger partial charge in [0.15, 0.2) is 11.6 Å². The summed E-state index contributed by atoms with van der Waals surface area (Å²) in [7, 11) is 0. The van der Waals surface area contributed by atoms with Crippen LogP contribution in [0.3, 0.4) is 0 Å². The third-order valence-corrected chi connectivity index (χ3v) is 4.88. The molecule has 0 aliphatic rings. The topological polar surface area (TPSA) is 63.6 Å². The lowest BCUT2D eigenvalue weighted by Crippen LogP contribution is -2.04. The predicted molar refractivity (Wildman–Crippen MR) is 112 cm³/mol. The number of phenols is 1. The Hall–Kier alpha value is -2.33. The fraction of sp³-hybridized carbons (Fsp3) is 0.391. The van der Waals surface area contributed by atoms with E-state index in [0.29, 0.717) is 35.6 Å². The van der Waals surface area contributed by atoms with E-state index in [1.165, 1.54) is 6.92 Å². The van der Waals surface area contributed by atoms with E-state index in [1.54, 1.807) is 30.3 Å². The Kier molecular flexibility index (Phi) is 8.52. The van der Waals surface area contributed by atoms with Gasteiger partial charge in [-0.05, 0) is 62.1 Å². The van der Waals surface area contributed by atoms with Crippen LogP contribution in [0.2, 0.25) is 0 Å². The van der Waals surface area contributed by atoms with Crippen LogP contribution in [0.1, 0.15) is 71.4 Å². The molecule has 0 saturated heterocycles. The highest BCUT2D eigenvalue weighted by Crippen LogP contribution is 2.29. The lowest BCUT2D eigenvalue weighted by Gasteiger charge is -2.14. The monoisotopic (exact) mass is 402 g/mol. The van der Waals surface area contributed by atoms with E-state index in [2.05, 4.69) is 0 Å². The van der Waals surface area contributed by atoms with Crippen LogP contribution in [0.25, 0.3) is 0 Å². The van der Waals surface area contributed by atoms with Crippen molar-refractivity contribution in [2.45, 2.75) is 52.6 Å². The van der Waals surface area contributed by atoms with Crippen LogP contribution >= 0.6 is 11.6 Å². The summed E-state index contributed by atoms with van der Waals surface area (Å²) < 4.78 is 5.84. The third-order valence-electron chi connectivity index (χ3n) is 4.62. The molecule has 0 aliphatic heterocycles. The van der Waals surface area contributed by atoms with E-state index in [-0.39, 0.29) is 23.9 Å². The zero-order chi connectivity index (χ0) is 20.5. The molecule has 0 fully saturated rings. The van der Waals surface area contributed by atoms with Crippen molar-refractivity contribution in [2.24, 2.45) is 0 Å². The first-order valence-corrected chi connectivity index (χ1v) is 10.2. The zero-order valence-corrected chi connectivity index (χ0v) is 17.2. The summed E-state index contributed by atoms with van der Waals surface area (Å²) in [6, 6.07) is 10.5. The quantitative estimate of drug-likeness (QED) is 0.296. The minimum Gasteiger partial charge on any atom is -0.507 e. The highest BCUT2D eigenvalue weighted by molar-refractivity contribution is 6.17. The Morgan fingerprint density at radius 2 is 1.79 bits per heavy atom. The Labute approximate surface area is 171 Å².